The molecule has 116 valence electrons. The van der Waals surface area contributed by atoms with Gasteiger partial charge in [-0.3, -0.25) is 4.79 Å². The van der Waals surface area contributed by atoms with Crippen molar-refractivity contribution in [3.05, 3.63) is 69.7 Å². The van der Waals surface area contributed by atoms with Gasteiger partial charge in [-0.2, -0.15) is 0 Å². The Balaban J connectivity index is 1.66. The number of thiazole rings is 1. The topological polar surface area (TPSA) is 42.0 Å². The Morgan fingerprint density at radius 2 is 1.91 bits per heavy atom. The summed E-state index contributed by atoms with van der Waals surface area (Å²) in [5.74, 6) is -0.128. The zero-order valence-corrected chi connectivity index (χ0v) is 14.3. The minimum atomic E-state index is -0.128. The maximum absolute atomic E-state index is 12.1. The van der Waals surface area contributed by atoms with Crippen LogP contribution < -0.4 is 5.32 Å². The number of rotatable bonds is 4. The maximum atomic E-state index is 12.1. The average molecular weight is 363 g/mol. The molecule has 6 heteroatoms. The van der Waals surface area contributed by atoms with Crippen molar-refractivity contribution in [1.82, 2.24) is 4.98 Å². The van der Waals surface area contributed by atoms with E-state index in [1.165, 1.54) is 0 Å². The van der Waals surface area contributed by atoms with E-state index in [-0.39, 0.29) is 12.3 Å². The van der Waals surface area contributed by atoms with E-state index in [1.807, 2.05) is 29.6 Å². The highest BCUT2D eigenvalue weighted by Crippen LogP contribution is 2.24. The number of amides is 1. The van der Waals surface area contributed by atoms with E-state index in [1.54, 1.807) is 35.7 Å². The van der Waals surface area contributed by atoms with Crippen molar-refractivity contribution >= 4 is 46.1 Å². The van der Waals surface area contributed by atoms with Crippen LogP contribution in [0.15, 0.2) is 54.0 Å². The number of carbonyl (C=O) groups is 1. The average Bonchev–Trinajstić information content (AvgIpc) is 3.05. The van der Waals surface area contributed by atoms with Crippen LogP contribution in [0.3, 0.4) is 0 Å². The lowest BCUT2D eigenvalue weighted by Gasteiger charge is -2.07. The Morgan fingerprint density at radius 1 is 1.13 bits per heavy atom. The first kappa shape index (κ1) is 16.0. The molecule has 0 radical (unpaired) electrons. The first-order valence-corrected chi connectivity index (χ1v) is 8.49. The van der Waals surface area contributed by atoms with Gasteiger partial charge in [-0.15, -0.1) is 11.3 Å². The summed E-state index contributed by atoms with van der Waals surface area (Å²) in [7, 11) is 0. The Hall–Kier alpha value is -1.88. The molecule has 2 aromatic carbocycles. The van der Waals surface area contributed by atoms with Crippen molar-refractivity contribution in [2.24, 2.45) is 0 Å². The molecule has 1 N–H and O–H groups in total. The monoisotopic (exact) mass is 362 g/mol. The summed E-state index contributed by atoms with van der Waals surface area (Å²) in [4.78, 5) is 16.4. The van der Waals surface area contributed by atoms with Gasteiger partial charge in [0.05, 0.1) is 6.42 Å². The van der Waals surface area contributed by atoms with Crippen LogP contribution >= 0.6 is 34.5 Å². The van der Waals surface area contributed by atoms with Crippen LogP contribution in [0.25, 0.3) is 10.6 Å². The van der Waals surface area contributed by atoms with Gasteiger partial charge in [0.2, 0.25) is 5.91 Å². The van der Waals surface area contributed by atoms with Gasteiger partial charge in [-0.05, 0) is 42.0 Å². The van der Waals surface area contributed by atoms with Crippen LogP contribution in [0.4, 0.5) is 5.69 Å². The number of benzene rings is 2. The van der Waals surface area contributed by atoms with Crippen LogP contribution in [0, 0.1) is 0 Å². The van der Waals surface area contributed by atoms with E-state index in [2.05, 4.69) is 10.3 Å². The van der Waals surface area contributed by atoms with E-state index in [0.29, 0.717) is 10.0 Å². The van der Waals surface area contributed by atoms with Crippen LogP contribution in [0.2, 0.25) is 10.0 Å². The lowest BCUT2D eigenvalue weighted by atomic mass is 10.1. The summed E-state index contributed by atoms with van der Waals surface area (Å²) >= 11 is 13.5. The lowest BCUT2D eigenvalue weighted by molar-refractivity contribution is -0.115. The molecule has 3 rings (SSSR count). The third-order valence-corrected chi connectivity index (χ3v) is 4.62. The number of hydrogen-bond donors (Lipinski definition) is 1. The molecule has 0 fully saturated rings. The molecule has 0 bridgehead atoms. The SMILES string of the molecule is O=C(Cc1ccc(Cl)cc1Cl)Nc1ccc(-c2nccs2)cc1. The number of hydrogen-bond acceptors (Lipinski definition) is 3. The Bertz CT molecular complexity index is 817. The molecular formula is C17H12Cl2N2OS. The number of aromatic nitrogens is 1. The summed E-state index contributed by atoms with van der Waals surface area (Å²) in [6.07, 6.45) is 1.97. The number of halogens is 2. The maximum Gasteiger partial charge on any atom is 0.228 e. The van der Waals surface area contributed by atoms with Crippen LogP contribution in [0.1, 0.15) is 5.56 Å². The van der Waals surface area contributed by atoms with E-state index >= 15 is 0 Å². The van der Waals surface area contributed by atoms with Crippen molar-refractivity contribution in [3.63, 3.8) is 0 Å². The number of anilines is 1. The van der Waals surface area contributed by atoms with Crippen molar-refractivity contribution in [1.29, 1.82) is 0 Å². The van der Waals surface area contributed by atoms with Crippen molar-refractivity contribution in [2.45, 2.75) is 6.42 Å². The van der Waals surface area contributed by atoms with E-state index in [0.717, 1.165) is 21.8 Å². The molecule has 0 aliphatic rings. The third-order valence-electron chi connectivity index (χ3n) is 3.21. The Labute approximate surface area is 147 Å². The van der Waals surface area contributed by atoms with Crippen LogP contribution in [-0.4, -0.2) is 10.9 Å². The fourth-order valence-electron chi connectivity index (χ4n) is 2.11. The summed E-state index contributed by atoms with van der Waals surface area (Å²) in [5, 5.41) is 6.79. The Kier molecular flexibility index (Phi) is 4.96. The minimum absolute atomic E-state index is 0.128. The van der Waals surface area contributed by atoms with Crippen molar-refractivity contribution in [2.75, 3.05) is 5.32 Å². The second kappa shape index (κ2) is 7.13. The zero-order valence-electron chi connectivity index (χ0n) is 11.9. The second-order valence-corrected chi connectivity index (χ2v) is 6.61. The van der Waals surface area contributed by atoms with E-state index in [4.69, 9.17) is 23.2 Å². The van der Waals surface area contributed by atoms with Gasteiger partial charge in [0, 0.05) is 32.9 Å². The predicted molar refractivity (Wildman–Crippen MR) is 96.3 cm³/mol. The minimum Gasteiger partial charge on any atom is -0.326 e. The molecule has 0 atom stereocenters. The molecule has 0 aliphatic carbocycles. The number of nitrogens with one attached hydrogen (secondary N) is 1. The van der Waals surface area contributed by atoms with Gasteiger partial charge in [0.15, 0.2) is 0 Å². The normalized spacial score (nSPS) is 10.5. The molecule has 0 unspecified atom stereocenters. The summed E-state index contributed by atoms with van der Waals surface area (Å²) in [6.45, 7) is 0. The molecule has 1 aromatic heterocycles. The van der Waals surface area contributed by atoms with Gasteiger partial charge in [-0.1, -0.05) is 29.3 Å². The summed E-state index contributed by atoms with van der Waals surface area (Å²) in [5.41, 5.74) is 2.51. The van der Waals surface area contributed by atoms with Crippen LogP contribution in [-0.2, 0) is 11.2 Å². The first-order valence-electron chi connectivity index (χ1n) is 6.85. The predicted octanol–water partition coefficient (Wildman–Crippen LogP) is 5.30. The fourth-order valence-corrected chi connectivity index (χ4v) is 3.23. The smallest absolute Gasteiger partial charge is 0.228 e. The van der Waals surface area contributed by atoms with Gasteiger partial charge in [-0.25, -0.2) is 4.98 Å². The third kappa shape index (κ3) is 4.10. The quantitative estimate of drug-likeness (QED) is 0.684. The molecule has 0 saturated heterocycles. The molecule has 3 aromatic rings. The number of carbonyl (C=O) groups excluding carboxylic acids is 1. The first-order chi connectivity index (χ1) is 11.1. The van der Waals surface area contributed by atoms with Crippen LogP contribution in [0.5, 0.6) is 0 Å². The fraction of sp³-hybridized carbons (Fsp3) is 0.0588. The van der Waals surface area contributed by atoms with Gasteiger partial charge < -0.3 is 5.32 Å². The summed E-state index contributed by atoms with van der Waals surface area (Å²) in [6, 6.07) is 12.7. The highest BCUT2D eigenvalue weighted by Gasteiger charge is 2.08. The van der Waals surface area contributed by atoms with Crippen molar-refractivity contribution < 1.29 is 4.79 Å². The molecule has 0 saturated carbocycles. The largest absolute Gasteiger partial charge is 0.326 e. The summed E-state index contributed by atoms with van der Waals surface area (Å²) < 4.78 is 0. The van der Waals surface area contributed by atoms with E-state index < -0.39 is 0 Å². The van der Waals surface area contributed by atoms with E-state index in [9.17, 15) is 4.79 Å². The van der Waals surface area contributed by atoms with Gasteiger partial charge >= 0.3 is 0 Å². The zero-order chi connectivity index (χ0) is 16.2. The van der Waals surface area contributed by atoms with Crippen molar-refractivity contribution in [3.8, 4) is 10.6 Å². The van der Waals surface area contributed by atoms with Gasteiger partial charge in [0.25, 0.3) is 0 Å². The highest BCUT2D eigenvalue weighted by atomic mass is 35.5. The lowest BCUT2D eigenvalue weighted by Crippen LogP contribution is -2.14. The molecule has 1 heterocycles. The molecule has 1 amide bonds. The molecule has 3 nitrogen and oxygen atoms in total. The molecule has 23 heavy (non-hydrogen) atoms. The molecule has 0 aliphatic heterocycles. The number of nitrogens with zero attached hydrogens (tertiary/aromatic N) is 1. The molecular weight excluding hydrogens is 351 g/mol. The highest BCUT2D eigenvalue weighted by molar-refractivity contribution is 7.13. The molecule has 0 spiro atoms. The Morgan fingerprint density at radius 3 is 2.57 bits per heavy atom. The van der Waals surface area contributed by atoms with Gasteiger partial charge in [0.1, 0.15) is 5.01 Å². The second-order valence-electron chi connectivity index (χ2n) is 4.88. The standard InChI is InChI=1S/C17H12Cl2N2OS/c18-13-4-1-12(15(19)10-13)9-16(22)21-14-5-2-11(3-6-14)17-20-7-8-23-17/h1-8,10H,9H2,(H,21,22).